The first kappa shape index (κ1) is 25.5. The first-order chi connectivity index (χ1) is 13.0. The average molecular weight is 522 g/mol. The fraction of sp³-hybridized carbons (Fsp3) is 0.667. The first-order valence-electron chi connectivity index (χ1n) is 10.2. The van der Waals surface area contributed by atoms with E-state index in [0.29, 0.717) is 12.0 Å². The molecule has 0 amide bonds. The smallest absolute Gasteiger partial charge is 0.191 e. The molecule has 1 aliphatic heterocycles. The van der Waals surface area contributed by atoms with Gasteiger partial charge in [-0.2, -0.15) is 0 Å². The number of aliphatic imine (C=N–C) groups is 1. The van der Waals surface area contributed by atoms with E-state index in [-0.39, 0.29) is 24.0 Å². The summed E-state index contributed by atoms with van der Waals surface area (Å²) in [5.74, 6) is 1.48. The number of halogens is 2. The second-order valence-corrected chi connectivity index (χ2v) is 8.05. The molecule has 0 saturated carbocycles. The Balaban J connectivity index is 0.00000392. The van der Waals surface area contributed by atoms with Crippen molar-refractivity contribution in [3.05, 3.63) is 34.9 Å². The number of hydrogen-bond acceptors (Lipinski definition) is 3. The minimum Gasteiger partial charge on any atom is -0.357 e. The summed E-state index contributed by atoms with van der Waals surface area (Å²) in [6, 6.07) is 8.51. The molecule has 160 valence electrons. The summed E-state index contributed by atoms with van der Waals surface area (Å²) in [4.78, 5) is 9.89. The molecule has 1 saturated heterocycles. The van der Waals surface area contributed by atoms with E-state index in [2.05, 4.69) is 54.3 Å². The fourth-order valence-corrected chi connectivity index (χ4v) is 3.67. The molecule has 0 spiro atoms. The van der Waals surface area contributed by atoms with Crippen LogP contribution in [-0.4, -0.2) is 74.7 Å². The molecule has 0 radical (unpaired) electrons. The van der Waals surface area contributed by atoms with Gasteiger partial charge >= 0.3 is 0 Å². The van der Waals surface area contributed by atoms with Crippen molar-refractivity contribution < 1.29 is 0 Å². The highest BCUT2D eigenvalue weighted by atomic mass is 127. The molecule has 7 heteroatoms. The summed E-state index contributed by atoms with van der Waals surface area (Å²) in [6.45, 7) is 13.7. The Bertz CT molecular complexity index is 588. The summed E-state index contributed by atoms with van der Waals surface area (Å²) in [6.07, 6.45) is 0.885. The van der Waals surface area contributed by atoms with Gasteiger partial charge in [0, 0.05) is 50.3 Å². The van der Waals surface area contributed by atoms with Gasteiger partial charge in [-0.3, -0.25) is 9.89 Å². The highest BCUT2D eigenvalue weighted by molar-refractivity contribution is 14.0. The fourth-order valence-electron chi connectivity index (χ4n) is 3.44. The zero-order valence-corrected chi connectivity index (χ0v) is 20.8. The van der Waals surface area contributed by atoms with E-state index in [1.54, 1.807) is 0 Å². The van der Waals surface area contributed by atoms with Crippen LogP contribution in [0.4, 0.5) is 0 Å². The van der Waals surface area contributed by atoms with Gasteiger partial charge in [0.15, 0.2) is 5.96 Å². The predicted octanol–water partition coefficient (Wildman–Crippen LogP) is 3.33. The Hall–Kier alpha value is -0.570. The monoisotopic (exact) mass is 521 g/mol. The molecule has 1 aromatic carbocycles. The van der Waals surface area contributed by atoms with Crippen molar-refractivity contribution in [2.45, 2.75) is 33.2 Å². The summed E-state index contributed by atoms with van der Waals surface area (Å²) in [5.41, 5.74) is 1.17. The molecule has 0 bridgehead atoms. The third-order valence-corrected chi connectivity index (χ3v) is 5.57. The van der Waals surface area contributed by atoms with Crippen molar-refractivity contribution >= 4 is 41.5 Å². The number of nitrogens with zero attached hydrogens (tertiary/aromatic N) is 3. The van der Waals surface area contributed by atoms with E-state index < -0.39 is 0 Å². The molecule has 1 atom stereocenters. The Morgan fingerprint density at radius 2 is 1.82 bits per heavy atom. The van der Waals surface area contributed by atoms with Crippen LogP contribution in [0.3, 0.4) is 0 Å². The van der Waals surface area contributed by atoms with Crippen LogP contribution in [0.25, 0.3) is 0 Å². The molecule has 1 aromatic rings. The molecular formula is C21H37ClIN5. The lowest BCUT2D eigenvalue weighted by Crippen LogP contribution is -2.52. The number of rotatable bonds is 8. The van der Waals surface area contributed by atoms with Crippen LogP contribution in [0.5, 0.6) is 0 Å². The second-order valence-electron chi connectivity index (χ2n) is 7.64. The molecule has 1 heterocycles. The second kappa shape index (κ2) is 13.6. The molecule has 0 aromatic heterocycles. The van der Waals surface area contributed by atoms with E-state index >= 15 is 0 Å². The predicted molar refractivity (Wildman–Crippen MR) is 132 cm³/mol. The number of likely N-dealkylation sites (N-methyl/N-ethyl adjacent to an activating group) is 1. The maximum atomic E-state index is 6.25. The zero-order chi connectivity index (χ0) is 19.6. The standard InChI is InChI=1S/C21H36ClN5.HI/c1-5-23-21(24-11-10-18-8-6-7-9-19(18)22)25-16-20(17(2)3)27-14-12-26(4)13-15-27;/h6-9,17,20H,5,10-16H2,1-4H3,(H2,23,24,25);1H. The zero-order valence-electron chi connectivity index (χ0n) is 17.7. The third kappa shape index (κ3) is 8.43. The quantitative estimate of drug-likeness (QED) is 0.313. The molecular weight excluding hydrogens is 485 g/mol. The highest BCUT2D eigenvalue weighted by Gasteiger charge is 2.24. The molecule has 5 nitrogen and oxygen atoms in total. The molecule has 0 aliphatic carbocycles. The van der Waals surface area contributed by atoms with Crippen molar-refractivity contribution in [1.29, 1.82) is 0 Å². The van der Waals surface area contributed by atoms with Gasteiger partial charge < -0.3 is 15.5 Å². The molecule has 1 aliphatic rings. The van der Waals surface area contributed by atoms with Crippen LogP contribution in [0.15, 0.2) is 29.3 Å². The van der Waals surface area contributed by atoms with Crippen LogP contribution in [0, 0.1) is 5.92 Å². The van der Waals surface area contributed by atoms with Crippen molar-refractivity contribution in [2.75, 3.05) is 52.9 Å². The van der Waals surface area contributed by atoms with Crippen LogP contribution < -0.4 is 10.6 Å². The third-order valence-electron chi connectivity index (χ3n) is 5.20. The van der Waals surface area contributed by atoms with Crippen molar-refractivity contribution in [3.8, 4) is 0 Å². The number of guanidine groups is 1. The Morgan fingerprint density at radius 3 is 2.43 bits per heavy atom. The van der Waals surface area contributed by atoms with E-state index in [1.807, 2.05) is 18.2 Å². The minimum atomic E-state index is 0. The largest absolute Gasteiger partial charge is 0.357 e. The van der Waals surface area contributed by atoms with Gasteiger partial charge in [0.25, 0.3) is 0 Å². The van der Waals surface area contributed by atoms with Gasteiger partial charge in [0.2, 0.25) is 0 Å². The Labute approximate surface area is 193 Å². The van der Waals surface area contributed by atoms with Crippen LogP contribution in [-0.2, 0) is 6.42 Å². The first-order valence-corrected chi connectivity index (χ1v) is 10.6. The topological polar surface area (TPSA) is 42.9 Å². The maximum Gasteiger partial charge on any atom is 0.191 e. The van der Waals surface area contributed by atoms with Crippen molar-refractivity contribution in [1.82, 2.24) is 20.4 Å². The van der Waals surface area contributed by atoms with Crippen LogP contribution in [0.2, 0.25) is 5.02 Å². The SMILES string of the molecule is CCNC(=NCC(C(C)C)N1CCN(C)CC1)NCCc1ccccc1Cl.I. The normalized spacial score (nSPS) is 17.3. The van der Waals surface area contributed by atoms with E-state index in [4.69, 9.17) is 16.6 Å². The molecule has 1 fully saturated rings. The molecule has 1 unspecified atom stereocenters. The summed E-state index contributed by atoms with van der Waals surface area (Å²) >= 11 is 6.25. The summed E-state index contributed by atoms with van der Waals surface area (Å²) in [7, 11) is 2.20. The Kier molecular flexibility index (Phi) is 12.4. The number of hydrogen-bond donors (Lipinski definition) is 2. The minimum absolute atomic E-state index is 0. The van der Waals surface area contributed by atoms with Gasteiger partial charge in [0.1, 0.15) is 0 Å². The molecule has 28 heavy (non-hydrogen) atoms. The highest BCUT2D eigenvalue weighted by Crippen LogP contribution is 2.15. The van der Waals surface area contributed by atoms with Crippen LogP contribution >= 0.6 is 35.6 Å². The lowest BCUT2D eigenvalue weighted by Gasteiger charge is -2.39. The van der Waals surface area contributed by atoms with Gasteiger partial charge in [-0.15, -0.1) is 24.0 Å². The lowest BCUT2D eigenvalue weighted by atomic mass is 10.0. The Morgan fingerprint density at radius 1 is 1.14 bits per heavy atom. The number of benzene rings is 1. The summed E-state index contributed by atoms with van der Waals surface area (Å²) in [5, 5.41) is 7.65. The molecule has 2 rings (SSSR count). The van der Waals surface area contributed by atoms with Gasteiger partial charge in [-0.1, -0.05) is 43.6 Å². The van der Waals surface area contributed by atoms with Gasteiger partial charge in [0.05, 0.1) is 6.54 Å². The van der Waals surface area contributed by atoms with E-state index in [0.717, 1.165) is 63.2 Å². The van der Waals surface area contributed by atoms with E-state index in [9.17, 15) is 0 Å². The van der Waals surface area contributed by atoms with Gasteiger partial charge in [-0.05, 0) is 37.9 Å². The van der Waals surface area contributed by atoms with E-state index in [1.165, 1.54) is 5.56 Å². The van der Waals surface area contributed by atoms with Gasteiger partial charge in [-0.25, -0.2) is 0 Å². The van der Waals surface area contributed by atoms with Crippen LogP contribution in [0.1, 0.15) is 26.3 Å². The summed E-state index contributed by atoms with van der Waals surface area (Å²) < 4.78 is 0. The maximum absolute atomic E-state index is 6.25. The average Bonchev–Trinajstić information content (AvgIpc) is 2.64. The number of piperazine rings is 1. The number of nitrogens with one attached hydrogen (secondary N) is 2. The lowest BCUT2D eigenvalue weighted by molar-refractivity contribution is 0.0925. The van der Waals surface area contributed by atoms with Crippen molar-refractivity contribution in [3.63, 3.8) is 0 Å². The molecule has 2 N–H and O–H groups in total. The van der Waals surface area contributed by atoms with Crippen molar-refractivity contribution in [2.24, 2.45) is 10.9 Å².